The van der Waals surface area contributed by atoms with E-state index in [1.165, 1.54) is 49.9 Å². The van der Waals surface area contributed by atoms with E-state index < -0.39 is 0 Å². The number of hydrogen-bond donors (Lipinski definition) is 2. The first kappa shape index (κ1) is 19.1. The Bertz CT molecular complexity index is 729. The normalized spacial score (nSPS) is 43.7. The average molecular weight is 397 g/mol. The fourth-order valence-electron chi connectivity index (χ4n) is 7.52. The third kappa shape index (κ3) is 2.88. The van der Waals surface area contributed by atoms with Gasteiger partial charge >= 0.3 is 0 Å². The second kappa shape index (κ2) is 6.54. The average Bonchev–Trinajstić information content (AvgIpc) is 2.68. The Morgan fingerprint density at radius 1 is 0.964 bits per heavy atom. The molecular formula is C25H36N2S. The van der Waals surface area contributed by atoms with Crippen LogP contribution in [0.1, 0.15) is 77.2 Å². The van der Waals surface area contributed by atoms with E-state index >= 15 is 0 Å². The molecule has 5 aliphatic carbocycles. The quantitative estimate of drug-likeness (QED) is 0.677. The summed E-state index contributed by atoms with van der Waals surface area (Å²) >= 11 is 6.19. The van der Waals surface area contributed by atoms with Gasteiger partial charge in [-0.25, -0.2) is 0 Å². The fourth-order valence-corrected chi connectivity index (χ4v) is 7.92. The maximum Gasteiger partial charge on any atom is 0.0818 e. The van der Waals surface area contributed by atoms with Gasteiger partial charge in [-0.15, -0.1) is 0 Å². The van der Waals surface area contributed by atoms with Gasteiger partial charge in [0.15, 0.2) is 0 Å². The van der Waals surface area contributed by atoms with Crippen LogP contribution in [-0.4, -0.2) is 17.1 Å². The Balaban J connectivity index is 1.44. The highest BCUT2D eigenvalue weighted by Crippen LogP contribution is 2.71. The van der Waals surface area contributed by atoms with E-state index in [2.05, 4.69) is 49.5 Å². The maximum atomic E-state index is 6.19. The first-order valence-electron chi connectivity index (χ1n) is 11.5. The molecule has 0 saturated heterocycles. The molecule has 5 saturated carbocycles. The van der Waals surface area contributed by atoms with Crippen molar-refractivity contribution in [1.82, 2.24) is 5.32 Å². The van der Waals surface area contributed by atoms with Gasteiger partial charge in [-0.3, -0.25) is 0 Å². The van der Waals surface area contributed by atoms with Crippen molar-refractivity contribution in [2.75, 3.05) is 0 Å². The highest BCUT2D eigenvalue weighted by Gasteiger charge is 2.65. The van der Waals surface area contributed by atoms with Crippen LogP contribution in [0.4, 0.5) is 0 Å². The lowest BCUT2D eigenvalue weighted by molar-refractivity contribution is -0.125. The molecule has 0 heterocycles. The van der Waals surface area contributed by atoms with Crippen LogP contribution in [0.2, 0.25) is 0 Å². The Morgan fingerprint density at radius 3 is 2.18 bits per heavy atom. The van der Waals surface area contributed by atoms with E-state index in [9.17, 15) is 0 Å². The number of hydrogen-bond acceptors (Lipinski definition) is 2. The van der Waals surface area contributed by atoms with Crippen LogP contribution in [0.3, 0.4) is 0 Å². The second-order valence-corrected chi connectivity index (χ2v) is 11.6. The molecule has 0 aliphatic heterocycles. The van der Waals surface area contributed by atoms with E-state index in [0.29, 0.717) is 22.9 Å². The predicted molar refractivity (Wildman–Crippen MR) is 120 cm³/mol. The highest BCUT2D eigenvalue weighted by atomic mass is 32.1. The van der Waals surface area contributed by atoms with Gasteiger partial charge in [0.1, 0.15) is 0 Å². The molecule has 0 radical (unpaired) electrons. The van der Waals surface area contributed by atoms with Crippen molar-refractivity contribution in [1.29, 1.82) is 0 Å². The molecule has 2 atom stereocenters. The van der Waals surface area contributed by atoms with Gasteiger partial charge in [0.25, 0.3) is 0 Å². The van der Waals surface area contributed by atoms with Crippen LogP contribution in [0.25, 0.3) is 0 Å². The van der Waals surface area contributed by atoms with E-state index in [4.69, 9.17) is 18.0 Å². The molecule has 5 fully saturated rings. The fraction of sp³-hybridized carbons (Fsp3) is 0.720. The molecule has 4 bridgehead atoms. The summed E-state index contributed by atoms with van der Waals surface area (Å²) in [5.74, 6) is 1.57. The molecule has 1 aromatic carbocycles. The molecule has 2 nitrogen and oxygen atoms in total. The number of thiocarbonyl (C=S) groups is 1. The Labute approximate surface area is 176 Å². The summed E-state index contributed by atoms with van der Waals surface area (Å²) in [4.78, 5) is 1.19. The summed E-state index contributed by atoms with van der Waals surface area (Å²) in [5, 5.41) is 3.87. The summed E-state index contributed by atoms with van der Waals surface area (Å²) in [6.07, 6.45) is 11.2. The largest absolute Gasteiger partial charge is 0.376 e. The molecule has 3 N–H and O–H groups in total. The minimum absolute atomic E-state index is 0.214. The van der Waals surface area contributed by atoms with Gasteiger partial charge in [0.2, 0.25) is 0 Å². The zero-order valence-corrected chi connectivity index (χ0v) is 18.4. The molecular weight excluding hydrogens is 360 g/mol. The number of benzene rings is 1. The third-order valence-corrected chi connectivity index (χ3v) is 9.86. The van der Waals surface area contributed by atoms with Gasteiger partial charge in [-0.2, -0.15) is 0 Å². The second-order valence-electron chi connectivity index (χ2n) is 11.2. The lowest BCUT2D eigenvalue weighted by Crippen LogP contribution is -2.64. The van der Waals surface area contributed by atoms with Crippen LogP contribution < -0.4 is 11.1 Å². The minimum Gasteiger partial charge on any atom is -0.376 e. The lowest BCUT2D eigenvalue weighted by atomic mass is 9.37. The third-order valence-electron chi connectivity index (χ3n) is 9.30. The molecule has 5 aliphatic rings. The van der Waals surface area contributed by atoms with Crippen molar-refractivity contribution >= 4 is 17.2 Å². The Hall–Kier alpha value is -0.930. The monoisotopic (exact) mass is 396 g/mol. The van der Waals surface area contributed by atoms with Crippen molar-refractivity contribution in [2.45, 2.75) is 89.1 Å². The van der Waals surface area contributed by atoms with Gasteiger partial charge in [-0.05, 0) is 86.0 Å². The van der Waals surface area contributed by atoms with Crippen LogP contribution in [0, 0.1) is 22.7 Å². The van der Waals surface area contributed by atoms with Crippen LogP contribution >= 0.6 is 12.2 Å². The van der Waals surface area contributed by atoms with Gasteiger partial charge < -0.3 is 11.1 Å². The van der Waals surface area contributed by atoms with Gasteiger partial charge in [0.05, 0.1) is 4.99 Å². The number of nitrogens with two attached hydrogens (primary N) is 1. The Kier molecular flexibility index (Phi) is 4.45. The molecule has 0 aromatic heterocycles. The molecule has 1 aromatic rings. The van der Waals surface area contributed by atoms with Crippen molar-refractivity contribution in [2.24, 2.45) is 28.4 Å². The van der Waals surface area contributed by atoms with Crippen molar-refractivity contribution in [3.8, 4) is 0 Å². The summed E-state index contributed by atoms with van der Waals surface area (Å²) in [7, 11) is 0. The van der Waals surface area contributed by atoms with Crippen molar-refractivity contribution in [3.63, 3.8) is 0 Å². The topological polar surface area (TPSA) is 38.0 Å². The minimum atomic E-state index is 0.214. The first-order chi connectivity index (χ1) is 13.3. The zero-order chi connectivity index (χ0) is 19.6. The zero-order valence-electron chi connectivity index (χ0n) is 17.5. The molecule has 152 valence electrons. The van der Waals surface area contributed by atoms with Crippen LogP contribution in [0.15, 0.2) is 30.3 Å². The predicted octanol–water partition coefficient (Wildman–Crippen LogP) is 5.35. The van der Waals surface area contributed by atoms with E-state index in [1.54, 1.807) is 5.56 Å². The summed E-state index contributed by atoms with van der Waals surface area (Å²) < 4.78 is 0. The lowest BCUT2D eigenvalue weighted by Gasteiger charge is -2.68. The van der Waals surface area contributed by atoms with E-state index in [1.807, 2.05) is 0 Å². The van der Waals surface area contributed by atoms with Crippen LogP contribution in [0.5, 0.6) is 0 Å². The molecule has 2 unspecified atom stereocenters. The molecule has 28 heavy (non-hydrogen) atoms. The Morgan fingerprint density at radius 2 is 1.57 bits per heavy atom. The van der Waals surface area contributed by atoms with Crippen molar-refractivity contribution < 1.29 is 0 Å². The van der Waals surface area contributed by atoms with E-state index in [0.717, 1.165) is 24.7 Å². The van der Waals surface area contributed by atoms with Crippen molar-refractivity contribution in [3.05, 3.63) is 35.9 Å². The molecule has 3 heteroatoms. The first-order valence-corrected chi connectivity index (χ1v) is 11.9. The number of nitrogens with one attached hydrogen (secondary N) is 1. The van der Waals surface area contributed by atoms with Crippen LogP contribution in [-0.2, 0) is 5.41 Å². The highest BCUT2D eigenvalue weighted by molar-refractivity contribution is 7.80. The smallest absolute Gasteiger partial charge is 0.0818 e. The molecule has 6 rings (SSSR count). The summed E-state index contributed by atoms with van der Waals surface area (Å²) in [6, 6.07) is 12.3. The SMILES string of the molecule is CC1(C)C2CC3(C(=S)NC4CCC(N)CC4)CC1CC(c1ccccc1)(C2)C3. The maximum absolute atomic E-state index is 6.19. The summed E-state index contributed by atoms with van der Waals surface area (Å²) in [6.45, 7) is 5.07. The molecule has 0 spiro atoms. The van der Waals surface area contributed by atoms with Gasteiger partial charge in [0, 0.05) is 17.5 Å². The summed E-state index contributed by atoms with van der Waals surface area (Å²) in [5.41, 5.74) is 8.70. The van der Waals surface area contributed by atoms with E-state index in [-0.39, 0.29) is 5.41 Å². The molecule has 0 amide bonds. The number of rotatable bonds is 3. The standard InChI is InChI=1S/C25H36N2S/c1-23(2)18-12-24(17-6-4-3-5-7-17)13-19(23)15-25(14-18,16-24)22(28)27-21-10-8-20(26)9-11-21/h3-7,18-21H,8-16,26H2,1-2H3,(H,27,28). The van der Waals surface area contributed by atoms with Gasteiger partial charge in [-0.1, -0.05) is 56.4 Å².